The highest BCUT2D eigenvalue weighted by Crippen LogP contribution is 2.24. The van der Waals surface area contributed by atoms with Crippen molar-refractivity contribution in [1.29, 1.82) is 0 Å². The van der Waals surface area contributed by atoms with E-state index in [2.05, 4.69) is 30.4 Å². The Labute approximate surface area is 111 Å². The fourth-order valence-electron chi connectivity index (χ4n) is 1.84. The maximum atomic E-state index is 10.7. The summed E-state index contributed by atoms with van der Waals surface area (Å²) in [5.74, 6) is -0.179. The van der Waals surface area contributed by atoms with Crippen LogP contribution in [-0.2, 0) is 6.54 Å². The summed E-state index contributed by atoms with van der Waals surface area (Å²) in [6, 6.07) is 9.43. The summed E-state index contributed by atoms with van der Waals surface area (Å²) in [5.41, 5.74) is 2.15. The summed E-state index contributed by atoms with van der Waals surface area (Å²) in [6.45, 7) is 4.65. The van der Waals surface area contributed by atoms with E-state index < -0.39 is 5.97 Å². The molecule has 2 rings (SSSR count). The van der Waals surface area contributed by atoms with E-state index in [1.165, 1.54) is 11.6 Å². The lowest BCUT2D eigenvalue weighted by Gasteiger charge is -2.13. The van der Waals surface area contributed by atoms with Gasteiger partial charge in [-0.2, -0.15) is 0 Å². The summed E-state index contributed by atoms with van der Waals surface area (Å²) in [5, 5.41) is 15.5. The number of benzene rings is 1. The number of carbonyl (C=O) groups is 1. The Kier molecular flexibility index (Phi) is 3.85. The summed E-state index contributed by atoms with van der Waals surface area (Å²) in [6.07, 6.45) is 0. The molecule has 5 heteroatoms. The lowest BCUT2D eigenvalue weighted by Crippen LogP contribution is -2.02. The van der Waals surface area contributed by atoms with Crippen LogP contribution >= 0.6 is 0 Å². The Morgan fingerprint density at radius 2 is 2.16 bits per heavy atom. The number of rotatable bonds is 5. The standard InChI is InChI=1S/C14H16N2O3/c1-9(2)11-5-3-4-6-12(11)15-8-10-7-13(14(17)18)16-19-10/h3-7,9,15H,8H2,1-2H3,(H,17,18). The van der Waals surface area contributed by atoms with Crippen LogP contribution in [-0.4, -0.2) is 16.2 Å². The Balaban J connectivity index is 2.08. The second kappa shape index (κ2) is 5.56. The predicted octanol–water partition coefficient (Wildman–Crippen LogP) is 3.11. The summed E-state index contributed by atoms with van der Waals surface area (Å²) >= 11 is 0. The van der Waals surface area contributed by atoms with Crippen molar-refractivity contribution < 1.29 is 14.4 Å². The average Bonchev–Trinajstić information content (AvgIpc) is 2.85. The molecule has 0 atom stereocenters. The fourth-order valence-corrected chi connectivity index (χ4v) is 1.84. The van der Waals surface area contributed by atoms with Gasteiger partial charge in [0.25, 0.3) is 0 Å². The number of anilines is 1. The van der Waals surface area contributed by atoms with Crippen LogP contribution in [0, 0.1) is 0 Å². The first kappa shape index (κ1) is 13.1. The lowest BCUT2D eigenvalue weighted by molar-refractivity contribution is 0.0685. The number of nitrogens with zero attached hydrogens (tertiary/aromatic N) is 1. The molecule has 100 valence electrons. The average molecular weight is 260 g/mol. The molecule has 0 saturated heterocycles. The minimum atomic E-state index is -1.09. The van der Waals surface area contributed by atoms with E-state index in [1.54, 1.807) is 0 Å². The zero-order valence-electron chi connectivity index (χ0n) is 10.9. The highest BCUT2D eigenvalue weighted by atomic mass is 16.5. The van der Waals surface area contributed by atoms with Gasteiger partial charge in [-0.05, 0) is 17.5 Å². The monoisotopic (exact) mass is 260 g/mol. The lowest BCUT2D eigenvalue weighted by atomic mass is 10.0. The van der Waals surface area contributed by atoms with E-state index in [0.29, 0.717) is 18.2 Å². The summed E-state index contributed by atoms with van der Waals surface area (Å²) in [4.78, 5) is 10.7. The number of carboxylic acids is 1. The minimum absolute atomic E-state index is 0.0751. The topological polar surface area (TPSA) is 75.4 Å². The van der Waals surface area contributed by atoms with Crippen LogP contribution in [0.5, 0.6) is 0 Å². The number of aromatic nitrogens is 1. The molecule has 2 aromatic rings. The molecule has 0 radical (unpaired) electrons. The van der Waals surface area contributed by atoms with E-state index >= 15 is 0 Å². The van der Waals surface area contributed by atoms with Gasteiger partial charge in [-0.1, -0.05) is 37.2 Å². The minimum Gasteiger partial charge on any atom is -0.476 e. The van der Waals surface area contributed by atoms with E-state index in [1.807, 2.05) is 18.2 Å². The third-order valence-corrected chi connectivity index (χ3v) is 2.81. The van der Waals surface area contributed by atoms with Crippen LogP contribution in [0.2, 0.25) is 0 Å². The van der Waals surface area contributed by atoms with Gasteiger partial charge in [-0.15, -0.1) is 0 Å². The molecule has 0 spiro atoms. The van der Waals surface area contributed by atoms with Gasteiger partial charge in [0.2, 0.25) is 0 Å². The second-order valence-corrected chi connectivity index (χ2v) is 4.58. The molecule has 0 aliphatic heterocycles. The molecule has 0 bridgehead atoms. The van der Waals surface area contributed by atoms with Gasteiger partial charge in [0, 0.05) is 11.8 Å². The Bertz CT molecular complexity index is 576. The molecule has 0 unspecified atom stereocenters. The zero-order chi connectivity index (χ0) is 13.8. The molecule has 0 aliphatic carbocycles. The van der Waals surface area contributed by atoms with Gasteiger partial charge in [0.15, 0.2) is 11.5 Å². The van der Waals surface area contributed by atoms with Crippen molar-refractivity contribution in [2.24, 2.45) is 0 Å². The number of nitrogens with one attached hydrogen (secondary N) is 1. The van der Waals surface area contributed by atoms with Gasteiger partial charge in [0.05, 0.1) is 6.54 Å². The zero-order valence-corrected chi connectivity index (χ0v) is 10.9. The molecule has 1 aromatic carbocycles. The van der Waals surface area contributed by atoms with Gasteiger partial charge >= 0.3 is 5.97 Å². The first-order valence-electron chi connectivity index (χ1n) is 6.09. The number of carboxylic acid groups (broad SMARTS) is 1. The van der Waals surface area contributed by atoms with Crippen molar-refractivity contribution in [3.63, 3.8) is 0 Å². The van der Waals surface area contributed by atoms with Crippen LogP contribution in [0.4, 0.5) is 5.69 Å². The van der Waals surface area contributed by atoms with Gasteiger partial charge in [-0.25, -0.2) is 4.79 Å². The quantitative estimate of drug-likeness (QED) is 0.863. The van der Waals surface area contributed by atoms with Crippen molar-refractivity contribution in [2.75, 3.05) is 5.32 Å². The third kappa shape index (κ3) is 3.13. The van der Waals surface area contributed by atoms with Crippen LogP contribution in [0.15, 0.2) is 34.9 Å². The smallest absolute Gasteiger partial charge is 0.358 e. The molecule has 0 fully saturated rings. The van der Waals surface area contributed by atoms with Crippen LogP contribution in [0.1, 0.15) is 41.6 Å². The van der Waals surface area contributed by atoms with Crippen LogP contribution in [0.25, 0.3) is 0 Å². The Hall–Kier alpha value is -2.30. The molecule has 0 amide bonds. The fraction of sp³-hybridized carbons (Fsp3) is 0.286. The Morgan fingerprint density at radius 1 is 1.42 bits per heavy atom. The summed E-state index contributed by atoms with van der Waals surface area (Å²) in [7, 11) is 0. The SMILES string of the molecule is CC(C)c1ccccc1NCc1cc(C(=O)O)no1. The van der Waals surface area contributed by atoms with Crippen LogP contribution in [0.3, 0.4) is 0 Å². The summed E-state index contributed by atoms with van der Waals surface area (Å²) < 4.78 is 4.95. The van der Waals surface area contributed by atoms with Crippen molar-refractivity contribution >= 4 is 11.7 Å². The maximum Gasteiger partial charge on any atom is 0.358 e. The van der Waals surface area contributed by atoms with E-state index in [-0.39, 0.29) is 5.69 Å². The van der Waals surface area contributed by atoms with Crippen molar-refractivity contribution in [3.8, 4) is 0 Å². The molecule has 2 N–H and O–H groups in total. The highest BCUT2D eigenvalue weighted by molar-refractivity contribution is 5.85. The number of para-hydroxylation sites is 1. The first-order chi connectivity index (χ1) is 9.08. The number of hydrogen-bond acceptors (Lipinski definition) is 4. The first-order valence-corrected chi connectivity index (χ1v) is 6.09. The number of aromatic carboxylic acids is 1. The highest BCUT2D eigenvalue weighted by Gasteiger charge is 2.11. The normalized spacial score (nSPS) is 10.7. The van der Waals surface area contributed by atoms with Crippen molar-refractivity contribution in [2.45, 2.75) is 26.3 Å². The van der Waals surface area contributed by atoms with E-state index in [0.717, 1.165) is 5.69 Å². The molecule has 19 heavy (non-hydrogen) atoms. The van der Waals surface area contributed by atoms with E-state index in [4.69, 9.17) is 9.63 Å². The molecule has 0 saturated carbocycles. The molecule has 0 aliphatic rings. The van der Waals surface area contributed by atoms with E-state index in [9.17, 15) is 4.79 Å². The molecule has 1 aromatic heterocycles. The third-order valence-electron chi connectivity index (χ3n) is 2.81. The van der Waals surface area contributed by atoms with Gasteiger partial charge in [0.1, 0.15) is 0 Å². The van der Waals surface area contributed by atoms with Gasteiger partial charge < -0.3 is 14.9 Å². The molecular weight excluding hydrogens is 244 g/mol. The maximum absolute atomic E-state index is 10.7. The van der Waals surface area contributed by atoms with Crippen LogP contribution < -0.4 is 5.32 Å². The Morgan fingerprint density at radius 3 is 2.79 bits per heavy atom. The largest absolute Gasteiger partial charge is 0.476 e. The molecular formula is C14H16N2O3. The van der Waals surface area contributed by atoms with Crippen molar-refractivity contribution in [3.05, 3.63) is 47.3 Å². The van der Waals surface area contributed by atoms with Crippen molar-refractivity contribution in [1.82, 2.24) is 5.16 Å². The molecule has 5 nitrogen and oxygen atoms in total. The van der Waals surface area contributed by atoms with Gasteiger partial charge in [-0.3, -0.25) is 0 Å². The molecule has 1 heterocycles. The number of hydrogen-bond donors (Lipinski definition) is 2. The predicted molar refractivity (Wildman–Crippen MR) is 71.3 cm³/mol. The second-order valence-electron chi connectivity index (χ2n) is 4.58.